The molecule has 0 aliphatic rings. The second-order valence-electron chi connectivity index (χ2n) is 5.67. The van der Waals surface area contributed by atoms with E-state index < -0.39 is 0 Å². The number of aromatic nitrogens is 2. The first-order valence-corrected chi connectivity index (χ1v) is 6.60. The first kappa shape index (κ1) is 13.8. The van der Waals surface area contributed by atoms with Gasteiger partial charge in [-0.3, -0.25) is 0 Å². The summed E-state index contributed by atoms with van der Waals surface area (Å²) in [7, 11) is 0. The average Bonchev–Trinajstić information content (AvgIpc) is 2.97. The minimum absolute atomic E-state index is 0.134. The first-order valence-electron chi connectivity index (χ1n) is 6.60. The predicted molar refractivity (Wildman–Crippen MR) is 72.6 cm³/mol. The zero-order valence-electron chi connectivity index (χ0n) is 11.9. The maximum Gasteiger partial charge on any atom is 0.238 e. The smallest absolute Gasteiger partial charge is 0.238 e. The number of likely N-dealkylation sites (N-methyl/N-ethyl adjacent to an activating group) is 1. The molecule has 0 saturated carbocycles. The molecular formula is C14H21N3O2. The van der Waals surface area contributed by atoms with E-state index in [2.05, 4.69) is 43.2 Å². The third-order valence-corrected chi connectivity index (χ3v) is 3.08. The van der Waals surface area contributed by atoms with Crippen LogP contribution in [0.2, 0.25) is 0 Å². The summed E-state index contributed by atoms with van der Waals surface area (Å²) < 4.78 is 10.6. The molecule has 2 heterocycles. The van der Waals surface area contributed by atoms with Gasteiger partial charge < -0.3 is 14.3 Å². The molecular weight excluding hydrogens is 242 g/mol. The van der Waals surface area contributed by atoms with Crippen molar-refractivity contribution in [3.05, 3.63) is 24.3 Å². The molecule has 0 spiro atoms. The van der Waals surface area contributed by atoms with Gasteiger partial charge in [0.2, 0.25) is 11.7 Å². The lowest BCUT2D eigenvalue weighted by Crippen LogP contribution is -2.41. The summed E-state index contributed by atoms with van der Waals surface area (Å²) in [5, 5.41) is 7.41. The molecule has 2 rings (SSSR count). The number of furan rings is 1. The molecule has 1 unspecified atom stereocenters. The highest BCUT2D eigenvalue weighted by Gasteiger charge is 2.26. The van der Waals surface area contributed by atoms with Gasteiger partial charge in [0.15, 0.2) is 5.76 Å². The molecule has 5 heteroatoms. The second kappa shape index (κ2) is 5.57. The first-order chi connectivity index (χ1) is 9.00. The topological polar surface area (TPSA) is 64.1 Å². The third kappa shape index (κ3) is 3.44. The fourth-order valence-electron chi connectivity index (χ4n) is 1.95. The summed E-state index contributed by atoms with van der Waals surface area (Å²) in [5.74, 6) is 1.77. The summed E-state index contributed by atoms with van der Waals surface area (Å²) in [6, 6.07) is 3.92. The molecule has 0 aliphatic carbocycles. The van der Waals surface area contributed by atoms with Gasteiger partial charge in [-0.2, -0.15) is 4.98 Å². The lowest BCUT2D eigenvalue weighted by Gasteiger charge is -2.30. The fraction of sp³-hybridized carbons (Fsp3) is 0.571. The van der Waals surface area contributed by atoms with Crippen molar-refractivity contribution >= 4 is 0 Å². The van der Waals surface area contributed by atoms with E-state index in [1.165, 1.54) is 0 Å². The Morgan fingerprint density at radius 3 is 2.74 bits per heavy atom. The lowest BCUT2D eigenvalue weighted by molar-refractivity contribution is 0.247. The highest BCUT2D eigenvalue weighted by Crippen LogP contribution is 2.23. The van der Waals surface area contributed by atoms with Crippen LogP contribution >= 0.6 is 0 Å². The van der Waals surface area contributed by atoms with E-state index in [1.807, 2.05) is 12.1 Å². The SMILES string of the molecule is CCNC(Cc1nc(-c2ccco2)no1)C(C)(C)C. The Bertz CT molecular complexity index is 497. The molecule has 5 nitrogen and oxygen atoms in total. The Morgan fingerprint density at radius 1 is 1.37 bits per heavy atom. The molecule has 0 aromatic carbocycles. The van der Waals surface area contributed by atoms with E-state index in [0.29, 0.717) is 29.9 Å². The Kier molecular flexibility index (Phi) is 4.04. The number of rotatable bonds is 5. The number of hydrogen-bond donors (Lipinski definition) is 1. The van der Waals surface area contributed by atoms with Crippen LogP contribution in [0.5, 0.6) is 0 Å². The summed E-state index contributed by atoms with van der Waals surface area (Å²) >= 11 is 0. The molecule has 1 atom stereocenters. The van der Waals surface area contributed by atoms with E-state index >= 15 is 0 Å². The number of nitrogens with zero attached hydrogens (tertiary/aromatic N) is 2. The quantitative estimate of drug-likeness (QED) is 0.898. The van der Waals surface area contributed by atoms with Crippen LogP contribution in [0.15, 0.2) is 27.3 Å². The molecule has 104 valence electrons. The zero-order valence-corrected chi connectivity index (χ0v) is 11.9. The van der Waals surface area contributed by atoms with Crippen molar-refractivity contribution in [2.24, 2.45) is 5.41 Å². The van der Waals surface area contributed by atoms with Gasteiger partial charge in [-0.05, 0) is 24.1 Å². The van der Waals surface area contributed by atoms with Gasteiger partial charge in [0.25, 0.3) is 0 Å². The highest BCUT2D eigenvalue weighted by molar-refractivity contribution is 5.44. The van der Waals surface area contributed by atoms with Crippen molar-refractivity contribution < 1.29 is 8.94 Å². The van der Waals surface area contributed by atoms with Crippen molar-refractivity contribution in [3.63, 3.8) is 0 Å². The lowest BCUT2D eigenvalue weighted by atomic mass is 9.84. The molecule has 0 bridgehead atoms. The molecule has 2 aromatic rings. The Hall–Kier alpha value is -1.62. The number of hydrogen-bond acceptors (Lipinski definition) is 5. The minimum atomic E-state index is 0.134. The average molecular weight is 263 g/mol. The molecule has 0 radical (unpaired) electrons. The maximum absolute atomic E-state index is 5.30. The van der Waals surface area contributed by atoms with Crippen LogP contribution in [0.4, 0.5) is 0 Å². The molecule has 19 heavy (non-hydrogen) atoms. The van der Waals surface area contributed by atoms with Gasteiger partial charge in [-0.1, -0.05) is 32.9 Å². The van der Waals surface area contributed by atoms with Gasteiger partial charge in [-0.15, -0.1) is 0 Å². The van der Waals surface area contributed by atoms with E-state index in [0.717, 1.165) is 6.54 Å². The fourth-order valence-corrected chi connectivity index (χ4v) is 1.95. The largest absolute Gasteiger partial charge is 0.461 e. The van der Waals surface area contributed by atoms with Crippen molar-refractivity contribution in [1.29, 1.82) is 0 Å². The summed E-state index contributed by atoms with van der Waals surface area (Å²) in [5.41, 5.74) is 0.134. The normalized spacial score (nSPS) is 13.7. The summed E-state index contributed by atoms with van der Waals surface area (Å²) in [4.78, 5) is 4.38. The van der Waals surface area contributed by atoms with Crippen LogP contribution in [-0.2, 0) is 6.42 Å². The van der Waals surface area contributed by atoms with Crippen LogP contribution < -0.4 is 5.32 Å². The standard InChI is InChI=1S/C14H21N3O2/c1-5-15-11(14(2,3)4)9-12-16-13(17-19-12)10-7-6-8-18-10/h6-8,11,15H,5,9H2,1-4H3. The van der Waals surface area contributed by atoms with Gasteiger partial charge >= 0.3 is 0 Å². The molecule has 0 aliphatic heterocycles. The molecule has 0 fully saturated rings. The maximum atomic E-state index is 5.30. The summed E-state index contributed by atoms with van der Waals surface area (Å²) in [6.07, 6.45) is 2.31. The second-order valence-corrected chi connectivity index (χ2v) is 5.67. The van der Waals surface area contributed by atoms with Gasteiger partial charge in [-0.25, -0.2) is 0 Å². The highest BCUT2D eigenvalue weighted by atomic mass is 16.5. The van der Waals surface area contributed by atoms with Crippen molar-refractivity contribution in [2.45, 2.75) is 40.2 Å². The van der Waals surface area contributed by atoms with Crippen molar-refractivity contribution in [2.75, 3.05) is 6.54 Å². The van der Waals surface area contributed by atoms with Crippen molar-refractivity contribution in [3.8, 4) is 11.6 Å². The van der Waals surface area contributed by atoms with E-state index in [9.17, 15) is 0 Å². The molecule has 0 amide bonds. The third-order valence-electron chi connectivity index (χ3n) is 3.08. The van der Waals surface area contributed by atoms with Crippen LogP contribution in [-0.4, -0.2) is 22.7 Å². The van der Waals surface area contributed by atoms with Crippen LogP contribution in [0, 0.1) is 5.41 Å². The van der Waals surface area contributed by atoms with E-state index in [4.69, 9.17) is 8.94 Å². The van der Waals surface area contributed by atoms with Crippen LogP contribution in [0.25, 0.3) is 11.6 Å². The van der Waals surface area contributed by atoms with Crippen LogP contribution in [0.1, 0.15) is 33.6 Å². The minimum Gasteiger partial charge on any atom is -0.461 e. The van der Waals surface area contributed by atoms with Crippen LogP contribution in [0.3, 0.4) is 0 Å². The number of nitrogens with one attached hydrogen (secondary N) is 1. The monoisotopic (exact) mass is 263 g/mol. The predicted octanol–water partition coefficient (Wildman–Crippen LogP) is 2.90. The Balaban J connectivity index is 2.10. The zero-order chi connectivity index (χ0) is 13.9. The Morgan fingerprint density at radius 2 is 2.16 bits per heavy atom. The van der Waals surface area contributed by atoms with Gasteiger partial charge in [0, 0.05) is 12.5 Å². The Labute approximate surface area is 113 Å². The molecule has 1 N–H and O–H groups in total. The van der Waals surface area contributed by atoms with E-state index in [-0.39, 0.29) is 5.41 Å². The summed E-state index contributed by atoms with van der Waals surface area (Å²) in [6.45, 7) is 9.61. The van der Waals surface area contributed by atoms with Gasteiger partial charge in [0.1, 0.15) is 0 Å². The van der Waals surface area contributed by atoms with Gasteiger partial charge in [0.05, 0.1) is 6.26 Å². The van der Waals surface area contributed by atoms with E-state index in [1.54, 1.807) is 6.26 Å². The molecule has 0 saturated heterocycles. The van der Waals surface area contributed by atoms with Crippen molar-refractivity contribution in [1.82, 2.24) is 15.5 Å². The molecule has 2 aromatic heterocycles.